The Balaban J connectivity index is 1.08. The van der Waals surface area contributed by atoms with E-state index in [2.05, 4.69) is 50.9 Å². The summed E-state index contributed by atoms with van der Waals surface area (Å²) in [6, 6.07) is 27.4. The van der Waals surface area contributed by atoms with Crippen molar-refractivity contribution in [1.82, 2.24) is 19.1 Å². The molecule has 0 amide bonds. The number of hydrogen-bond donors (Lipinski definition) is 0. The number of para-hydroxylation sites is 2. The van der Waals surface area contributed by atoms with Crippen LogP contribution in [0.1, 0.15) is 72.4 Å². The summed E-state index contributed by atoms with van der Waals surface area (Å²) in [5.41, 5.74) is 7.92. The molecule has 17 nitrogen and oxygen atoms in total. The molecule has 0 fully saturated rings. The van der Waals surface area contributed by atoms with E-state index in [1.807, 2.05) is 61.6 Å². The average molecular weight is 833 g/mol. The van der Waals surface area contributed by atoms with Gasteiger partial charge in [-0.3, -0.25) is 0 Å². The van der Waals surface area contributed by atoms with Crippen LogP contribution in [0, 0.1) is 32.6 Å². The van der Waals surface area contributed by atoms with Crippen molar-refractivity contribution >= 4 is 28.0 Å². The number of fused-ring (bicyclic) bond motifs is 2. The number of ether oxygens (including phenoxy) is 1. The fraction of sp³-hybridized carbons (Fsp3) is 0.318. The summed E-state index contributed by atoms with van der Waals surface area (Å²) in [5, 5.41) is 19.5. The maximum absolute atomic E-state index is 13.6. The van der Waals surface area contributed by atoms with E-state index < -0.39 is 46.7 Å². The van der Waals surface area contributed by atoms with E-state index in [-0.39, 0.29) is 29.9 Å². The number of esters is 1. The standard InChI is InChI=1S/C44H44N6O11/c1-6-11-39-46-40-27(2)20-30(41-45-34-14-9-10-15-35(34)47(41)5)21-36(40)48(39)24-28-16-18-29(19-17-28)32-12-7-8-13-33(32)42(51)57-26-38-37(59-43(52)60-38)23-44(3,4)22-31(61-50(55)56)25-58-49(53)54/h7-10,12-21,31H,6,11,22-26H2,1-5H3/t31-/m1/s1. The van der Waals surface area contributed by atoms with Crippen LogP contribution in [-0.2, 0) is 47.5 Å². The zero-order valence-corrected chi connectivity index (χ0v) is 34.3. The second-order valence-electron chi connectivity index (χ2n) is 15.6. The molecule has 7 rings (SSSR count). The minimum atomic E-state index is -1.29. The first kappa shape index (κ1) is 41.8. The lowest BCUT2D eigenvalue weighted by Crippen LogP contribution is -2.31. The minimum Gasteiger partial charge on any atom is -0.454 e. The number of aromatic nitrogens is 4. The largest absolute Gasteiger partial charge is 0.519 e. The normalized spacial score (nSPS) is 12.1. The van der Waals surface area contributed by atoms with Crippen LogP contribution < -0.4 is 5.82 Å². The Morgan fingerprint density at radius 2 is 1.62 bits per heavy atom. The predicted octanol–water partition coefficient (Wildman–Crippen LogP) is 8.21. The van der Waals surface area contributed by atoms with Crippen molar-refractivity contribution in [3.63, 3.8) is 0 Å². The zero-order valence-electron chi connectivity index (χ0n) is 34.3. The predicted molar refractivity (Wildman–Crippen MR) is 222 cm³/mol. The number of carbonyl (C=O) groups excluding carboxylic acids is 1. The molecule has 0 radical (unpaired) electrons. The molecular formula is C44H44N6O11. The van der Waals surface area contributed by atoms with Crippen LogP contribution >= 0.6 is 0 Å². The van der Waals surface area contributed by atoms with Crippen molar-refractivity contribution in [2.45, 2.75) is 72.6 Å². The maximum atomic E-state index is 13.6. The van der Waals surface area contributed by atoms with Crippen LogP contribution in [0.5, 0.6) is 0 Å². The first-order chi connectivity index (χ1) is 29.2. The highest BCUT2D eigenvalue weighted by Gasteiger charge is 2.31. The molecule has 0 N–H and O–H groups in total. The van der Waals surface area contributed by atoms with E-state index in [1.54, 1.807) is 26.0 Å². The van der Waals surface area contributed by atoms with E-state index in [9.17, 15) is 29.8 Å². The molecule has 7 aromatic rings. The molecule has 0 aliphatic rings. The number of imidazole rings is 2. The molecule has 0 bridgehead atoms. The van der Waals surface area contributed by atoms with Gasteiger partial charge in [0, 0.05) is 32.0 Å². The second kappa shape index (κ2) is 17.5. The molecule has 3 aromatic heterocycles. The summed E-state index contributed by atoms with van der Waals surface area (Å²) in [6.45, 7) is 7.03. The van der Waals surface area contributed by atoms with Gasteiger partial charge >= 0.3 is 11.8 Å². The molecular weight excluding hydrogens is 789 g/mol. The third kappa shape index (κ3) is 9.45. The fourth-order valence-electron chi connectivity index (χ4n) is 7.75. The summed E-state index contributed by atoms with van der Waals surface area (Å²) in [7, 11) is 2.03. The van der Waals surface area contributed by atoms with Gasteiger partial charge in [0.2, 0.25) is 0 Å². The lowest BCUT2D eigenvalue weighted by atomic mass is 9.82. The summed E-state index contributed by atoms with van der Waals surface area (Å²) in [6.07, 6.45) is 0.351. The van der Waals surface area contributed by atoms with Gasteiger partial charge in [0.05, 0.1) is 27.6 Å². The number of nitrogens with zero attached hydrogens (tertiary/aromatic N) is 6. The molecule has 0 spiro atoms. The molecule has 316 valence electrons. The topological polar surface area (TPSA) is 210 Å². The summed E-state index contributed by atoms with van der Waals surface area (Å²) in [4.78, 5) is 66.4. The maximum Gasteiger partial charge on any atom is 0.519 e. The van der Waals surface area contributed by atoms with Crippen molar-refractivity contribution in [2.75, 3.05) is 6.61 Å². The van der Waals surface area contributed by atoms with Crippen molar-refractivity contribution in [3.8, 4) is 22.5 Å². The third-order valence-corrected chi connectivity index (χ3v) is 10.5. The van der Waals surface area contributed by atoms with Gasteiger partial charge < -0.3 is 32.4 Å². The highest BCUT2D eigenvalue weighted by molar-refractivity contribution is 5.97. The summed E-state index contributed by atoms with van der Waals surface area (Å²) in [5.74, 6) is 0.168. The Morgan fingerprint density at radius 1 is 0.902 bits per heavy atom. The number of hydrogen-bond acceptors (Lipinski definition) is 13. The highest BCUT2D eigenvalue weighted by Crippen LogP contribution is 2.33. The molecule has 0 saturated carbocycles. The van der Waals surface area contributed by atoms with Gasteiger partial charge in [0.25, 0.3) is 10.2 Å². The van der Waals surface area contributed by atoms with Crippen LogP contribution in [0.3, 0.4) is 0 Å². The summed E-state index contributed by atoms with van der Waals surface area (Å²) >= 11 is 0. The van der Waals surface area contributed by atoms with Gasteiger partial charge in [0.15, 0.2) is 18.1 Å². The Kier molecular flexibility index (Phi) is 12.0. The van der Waals surface area contributed by atoms with Gasteiger partial charge in [-0.05, 0) is 77.8 Å². The quantitative estimate of drug-likeness (QED) is 0.0454. The monoisotopic (exact) mass is 832 g/mol. The third-order valence-electron chi connectivity index (χ3n) is 10.5. The highest BCUT2D eigenvalue weighted by atomic mass is 17.0. The van der Waals surface area contributed by atoms with Crippen molar-refractivity contribution in [2.24, 2.45) is 12.5 Å². The Hall–Kier alpha value is -7.30. The molecule has 3 heterocycles. The van der Waals surface area contributed by atoms with Crippen LogP contribution in [0.15, 0.2) is 98.6 Å². The minimum absolute atomic E-state index is 0.0123. The number of aryl methyl sites for hydroxylation is 3. The molecule has 0 saturated heterocycles. The van der Waals surface area contributed by atoms with E-state index in [0.29, 0.717) is 12.1 Å². The zero-order chi connectivity index (χ0) is 43.4. The van der Waals surface area contributed by atoms with Gasteiger partial charge in [-0.25, -0.2) is 19.6 Å². The van der Waals surface area contributed by atoms with Gasteiger partial charge in [0.1, 0.15) is 24.4 Å². The van der Waals surface area contributed by atoms with Gasteiger partial charge in [-0.2, -0.15) is 0 Å². The van der Waals surface area contributed by atoms with Crippen LogP contribution in [0.4, 0.5) is 0 Å². The first-order valence-corrected chi connectivity index (χ1v) is 19.7. The SMILES string of the molecule is CCCc1nc2c(C)cc(-c3nc4ccccc4n3C)cc2n1Cc1ccc(-c2ccccc2C(=O)OCc2oc(=O)oc2CC(C)(C)C[C@H](CO[N+](=O)[O-])O[N+](=O)[O-])cc1. The van der Waals surface area contributed by atoms with Gasteiger partial charge in [-0.15, -0.1) is 20.2 Å². The van der Waals surface area contributed by atoms with Crippen LogP contribution in [-0.4, -0.2) is 48.0 Å². The second-order valence-corrected chi connectivity index (χ2v) is 15.6. The molecule has 0 unspecified atom stereocenters. The molecule has 4 aromatic carbocycles. The molecule has 61 heavy (non-hydrogen) atoms. The smallest absolute Gasteiger partial charge is 0.454 e. The Morgan fingerprint density at radius 3 is 2.34 bits per heavy atom. The average Bonchev–Trinajstić information content (AvgIpc) is 3.87. The molecule has 1 atom stereocenters. The Labute approximate surface area is 348 Å². The van der Waals surface area contributed by atoms with Crippen LogP contribution in [0.2, 0.25) is 0 Å². The van der Waals surface area contributed by atoms with Crippen molar-refractivity contribution < 1.29 is 38.2 Å². The van der Waals surface area contributed by atoms with Crippen molar-refractivity contribution in [3.05, 3.63) is 150 Å². The van der Waals surface area contributed by atoms with Gasteiger partial charge in [-0.1, -0.05) is 75.4 Å². The lowest BCUT2D eigenvalue weighted by Gasteiger charge is -2.27. The van der Waals surface area contributed by atoms with Crippen molar-refractivity contribution in [1.29, 1.82) is 0 Å². The fourth-order valence-corrected chi connectivity index (χ4v) is 7.75. The number of benzene rings is 4. The molecule has 17 heteroatoms. The van der Waals surface area contributed by atoms with E-state index >= 15 is 0 Å². The molecule has 0 aliphatic heterocycles. The van der Waals surface area contributed by atoms with E-state index in [0.717, 1.165) is 68.8 Å². The molecule has 0 aliphatic carbocycles. The lowest BCUT2D eigenvalue weighted by molar-refractivity contribution is -0.790. The van der Waals surface area contributed by atoms with E-state index in [1.165, 1.54) is 0 Å². The van der Waals surface area contributed by atoms with Crippen LogP contribution in [0.25, 0.3) is 44.6 Å². The van der Waals surface area contributed by atoms with E-state index in [4.69, 9.17) is 23.5 Å². The first-order valence-electron chi connectivity index (χ1n) is 19.7. The number of carbonyl (C=O) groups is 1. The summed E-state index contributed by atoms with van der Waals surface area (Å²) < 4.78 is 20.5. The Bertz CT molecular complexity index is 2800. The number of rotatable bonds is 18.